The van der Waals surface area contributed by atoms with Gasteiger partial charge in [-0.2, -0.15) is 0 Å². The van der Waals surface area contributed by atoms with Crippen molar-refractivity contribution in [3.63, 3.8) is 0 Å². The van der Waals surface area contributed by atoms with Gasteiger partial charge in [-0.15, -0.1) is 0 Å². The lowest BCUT2D eigenvalue weighted by molar-refractivity contribution is -0.150. The van der Waals surface area contributed by atoms with Crippen molar-refractivity contribution in [2.45, 2.75) is 238 Å². The Morgan fingerprint density at radius 1 is 0.536 bits per heavy atom. The molecule has 3 N–H and O–H groups in total. The van der Waals surface area contributed by atoms with Crippen LogP contribution in [0, 0.1) is 0 Å². The molecule has 0 aliphatic carbocycles. The Morgan fingerprint density at radius 2 is 0.964 bits per heavy atom. The summed E-state index contributed by atoms with van der Waals surface area (Å²) in [5.41, 5.74) is 0. The Bertz CT molecular complexity index is 1010. The van der Waals surface area contributed by atoms with E-state index < -0.39 is 18.2 Å². The van der Waals surface area contributed by atoms with E-state index in [4.69, 9.17) is 4.74 Å². The van der Waals surface area contributed by atoms with Crippen LogP contribution in [0.1, 0.15) is 220 Å². The zero-order valence-electron chi connectivity index (χ0n) is 36.8. The number of unbranched alkanes of at least 4 members (excludes halogenated alkanes) is 19. The molecule has 0 aromatic carbocycles. The molecule has 0 rings (SSSR count). The number of carbonyl (C=O) groups is 2. The van der Waals surface area contributed by atoms with Gasteiger partial charge in [0.2, 0.25) is 5.91 Å². The van der Waals surface area contributed by atoms with Gasteiger partial charge >= 0.3 is 5.97 Å². The van der Waals surface area contributed by atoms with Crippen LogP contribution in [-0.4, -0.2) is 46.9 Å². The Hall–Kier alpha value is -2.44. The van der Waals surface area contributed by atoms with Gasteiger partial charge in [0.1, 0.15) is 6.10 Å². The lowest BCUT2D eigenvalue weighted by Gasteiger charge is -2.24. The van der Waals surface area contributed by atoms with Gasteiger partial charge in [0, 0.05) is 6.42 Å². The van der Waals surface area contributed by atoms with Crippen molar-refractivity contribution in [2.75, 3.05) is 6.61 Å². The van der Waals surface area contributed by atoms with E-state index in [-0.39, 0.29) is 31.3 Å². The molecule has 0 saturated heterocycles. The second-order valence-electron chi connectivity index (χ2n) is 15.8. The van der Waals surface area contributed by atoms with Gasteiger partial charge in [0.25, 0.3) is 0 Å². The summed E-state index contributed by atoms with van der Waals surface area (Å²) in [6.45, 7) is 6.32. The number of hydrogen-bond acceptors (Lipinski definition) is 5. The average molecular weight is 784 g/mol. The molecule has 1 amide bonds. The van der Waals surface area contributed by atoms with E-state index >= 15 is 0 Å². The van der Waals surface area contributed by atoms with Gasteiger partial charge in [0.15, 0.2) is 0 Å². The Kier molecular flexibility index (Phi) is 41.8. The zero-order valence-corrected chi connectivity index (χ0v) is 36.8. The monoisotopic (exact) mass is 784 g/mol. The van der Waals surface area contributed by atoms with Crippen molar-refractivity contribution >= 4 is 11.9 Å². The third-order valence-electron chi connectivity index (χ3n) is 10.3. The van der Waals surface area contributed by atoms with Crippen molar-refractivity contribution < 1.29 is 24.5 Å². The maximum Gasteiger partial charge on any atom is 0.306 e. The molecule has 0 radical (unpaired) electrons. The molecule has 0 fully saturated rings. The molecule has 3 unspecified atom stereocenters. The summed E-state index contributed by atoms with van der Waals surface area (Å²) in [6.07, 6.45) is 52.9. The summed E-state index contributed by atoms with van der Waals surface area (Å²) in [4.78, 5) is 26.0. The van der Waals surface area contributed by atoms with Gasteiger partial charge in [-0.25, -0.2) is 0 Å². The van der Waals surface area contributed by atoms with Crippen LogP contribution in [0.3, 0.4) is 0 Å². The summed E-state index contributed by atoms with van der Waals surface area (Å²) < 4.78 is 5.86. The molecule has 0 spiro atoms. The second kappa shape index (κ2) is 43.7. The molecule has 0 aliphatic heterocycles. The topological polar surface area (TPSA) is 95.9 Å². The third kappa shape index (κ3) is 38.4. The summed E-state index contributed by atoms with van der Waals surface area (Å²) >= 11 is 0. The van der Waals surface area contributed by atoms with Crippen LogP contribution < -0.4 is 5.32 Å². The molecule has 0 aliphatic rings. The average Bonchev–Trinajstić information content (AvgIpc) is 3.19. The highest BCUT2D eigenvalue weighted by molar-refractivity contribution is 5.77. The fourth-order valence-corrected chi connectivity index (χ4v) is 6.79. The van der Waals surface area contributed by atoms with E-state index in [1.165, 1.54) is 83.5 Å². The van der Waals surface area contributed by atoms with Crippen molar-refractivity contribution in [3.8, 4) is 0 Å². The first kappa shape index (κ1) is 53.6. The van der Waals surface area contributed by atoms with Crippen molar-refractivity contribution in [1.29, 1.82) is 0 Å². The van der Waals surface area contributed by atoms with Crippen LogP contribution >= 0.6 is 0 Å². The molecule has 0 bridgehead atoms. The minimum atomic E-state index is -0.802. The number of hydrogen-bond donors (Lipinski definition) is 3. The highest BCUT2D eigenvalue weighted by Gasteiger charge is 2.24. The van der Waals surface area contributed by atoms with Crippen LogP contribution in [-0.2, 0) is 14.3 Å². The number of aliphatic hydroxyl groups is 2. The van der Waals surface area contributed by atoms with Gasteiger partial charge in [0.05, 0.1) is 25.2 Å². The second-order valence-corrected chi connectivity index (χ2v) is 15.8. The number of amides is 1. The molecule has 0 saturated carbocycles. The highest BCUT2D eigenvalue weighted by Crippen LogP contribution is 2.16. The Labute approximate surface area is 346 Å². The minimum Gasteiger partial charge on any atom is -0.462 e. The summed E-state index contributed by atoms with van der Waals surface area (Å²) in [7, 11) is 0. The smallest absolute Gasteiger partial charge is 0.306 e. The van der Waals surface area contributed by atoms with Gasteiger partial charge in [-0.05, 0) is 77.0 Å². The Balaban J connectivity index is 4.73. The molecule has 0 heterocycles. The maximum absolute atomic E-state index is 13.1. The first-order valence-corrected chi connectivity index (χ1v) is 23.5. The first-order valence-electron chi connectivity index (χ1n) is 23.5. The van der Waals surface area contributed by atoms with Crippen LogP contribution in [0.25, 0.3) is 0 Å². The van der Waals surface area contributed by atoms with E-state index in [0.29, 0.717) is 19.3 Å². The predicted molar refractivity (Wildman–Crippen MR) is 241 cm³/mol. The maximum atomic E-state index is 13.1. The van der Waals surface area contributed by atoms with E-state index in [1.54, 1.807) is 0 Å². The Morgan fingerprint density at radius 3 is 1.46 bits per heavy atom. The van der Waals surface area contributed by atoms with Crippen LogP contribution in [0.15, 0.2) is 60.8 Å². The number of allylic oxidation sites excluding steroid dienone is 10. The molecule has 3 atom stereocenters. The SMILES string of the molecule is CC/C=C/C/C=C/C/C=C/CCCCCCC(CC(=O)NC(CO)C(O)CCCCCCCCCCCC)OC(=O)CC/C=C/C/C=C\CCCCCCCC. The molecular weight excluding hydrogens is 695 g/mol. The molecule has 6 heteroatoms. The lowest BCUT2D eigenvalue weighted by Crippen LogP contribution is -2.46. The first-order chi connectivity index (χ1) is 27.5. The molecular formula is C50H89NO5. The van der Waals surface area contributed by atoms with Crippen molar-refractivity contribution in [1.82, 2.24) is 5.32 Å². The van der Waals surface area contributed by atoms with Crippen LogP contribution in [0.2, 0.25) is 0 Å². The normalized spacial score (nSPS) is 13.9. The van der Waals surface area contributed by atoms with Crippen LogP contribution in [0.4, 0.5) is 0 Å². The quantitative estimate of drug-likeness (QED) is 0.0326. The van der Waals surface area contributed by atoms with Gasteiger partial charge < -0.3 is 20.3 Å². The van der Waals surface area contributed by atoms with Gasteiger partial charge in [-0.1, -0.05) is 191 Å². The lowest BCUT2D eigenvalue weighted by atomic mass is 10.0. The van der Waals surface area contributed by atoms with E-state index in [2.05, 4.69) is 80.8 Å². The largest absolute Gasteiger partial charge is 0.462 e. The summed E-state index contributed by atoms with van der Waals surface area (Å²) in [5.74, 6) is -0.580. The van der Waals surface area contributed by atoms with Gasteiger partial charge in [-0.3, -0.25) is 9.59 Å². The number of ether oxygens (including phenoxy) is 1. The van der Waals surface area contributed by atoms with E-state index in [0.717, 1.165) is 83.5 Å². The zero-order chi connectivity index (χ0) is 41.0. The summed E-state index contributed by atoms with van der Waals surface area (Å²) in [6, 6.07) is -0.719. The fourth-order valence-electron chi connectivity index (χ4n) is 6.79. The minimum absolute atomic E-state index is 0.0386. The molecule has 324 valence electrons. The number of aliphatic hydroxyl groups excluding tert-OH is 2. The highest BCUT2D eigenvalue weighted by atomic mass is 16.5. The number of esters is 1. The third-order valence-corrected chi connectivity index (χ3v) is 10.3. The van der Waals surface area contributed by atoms with Crippen molar-refractivity contribution in [2.24, 2.45) is 0 Å². The molecule has 0 aromatic heterocycles. The summed E-state index contributed by atoms with van der Waals surface area (Å²) in [5, 5.41) is 23.6. The van der Waals surface area contributed by atoms with E-state index in [9.17, 15) is 19.8 Å². The molecule has 56 heavy (non-hydrogen) atoms. The van der Waals surface area contributed by atoms with E-state index in [1.807, 2.05) is 6.08 Å². The van der Waals surface area contributed by atoms with Crippen molar-refractivity contribution in [3.05, 3.63) is 60.8 Å². The molecule has 6 nitrogen and oxygen atoms in total. The number of nitrogens with one attached hydrogen (secondary N) is 1. The van der Waals surface area contributed by atoms with Crippen LogP contribution in [0.5, 0.6) is 0 Å². The number of rotatable bonds is 41. The number of carbonyl (C=O) groups excluding carboxylic acids is 2. The standard InChI is InChI=1S/C50H89NO5/c1-4-7-10-13-16-19-22-24-26-27-29-32-35-38-41-46(56-50(55)43-40-37-34-31-28-25-23-20-17-14-11-8-5-2)44-49(54)51-47(45-52)48(53)42-39-36-33-30-21-18-15-12-9-6-3/h7,10,16,19,24-26,28,34,37,46-48,52-53H,4-6,8-9,11-15,17-18,20-23,27,29-33,35-36,38-45H2,1-3H3,(H,51,54)/b10-7+,19-16+,26-24+,28-25-,37-34+. The predicted octanol–water partition coefficient (Wildman–Crippen LogP) is 13.7. The fraction of sp³-hybridized carbons (Fsp3) is 0.760. The molecule has 0 aromatic rings.